The van der Waals surface area contributed by atoms with Gasteiger partial charge in [-0.3, -0.25) is 0 Å². The molecule has 0 saturated carbocycles. The van der Waals surface area contributed by atoms with Gasteiger partial charge in [0.25, 0.3) is 0 Å². The van der Waals surface area contributed by atoms with Gasteiger partial charge in [-0.2, -0.15) is 74.0 Å². The zero-order valence-corrected chi connectivity index (χ0v) is 18.5. The van der Waals surface area contributed by atoms with E-state index in [1.807, 2.05) is 47.0 Å². The Morgan fingerprint density at radius 1 is 0.650 bits per heavy atom. The molecule has 0 N–H and O–H groups in total. The number of thiol groups is 4. The molecule has 2 unspecified atom stereocenters. The zero-order valence-electron chi connectivity index (χ0n) is 11.6. The van der Waals surface area contributed by atoms with Gasteiger partial charge in [-0.25, -0.2) is 0 Å². The van der Waals surface area contributed by atoms with Gasteiger partial charge in [0.05, 0.1) is 9.16 Å². The first-order valence-electron chi connectivity index (χ1n) is 6.67. The predicted molar refractivity (Wildman–Crippen MR) is 122 cm³/mol. The van der Waals surface area contributed by atoms with E-state index in [1.165, 1.54) is 24.3 Å². The summed E-state index contributed by atoms with van der Waals surface area (Å²) in [7, 11) is 0. The van der Waals surface area contributed by atoms with E-state index >= 15 is 0 Å². The van der Waals surface area contributed by atoms with Crippen molar-refractivity contribution in [1.29, 1.82) is 0 Å². The average Bonchev–Trinajstić information content (AvgIpc) is 2.45. The summed E-state index contributed by atoms with van der Waals surface area (Å²) in [5.41, 5.74) is 0. The molecule has 0 aliphatic rings. The van der Waals surface area contributed by atoms with Crippen LogP contribution < -0.4 is 0 Å². The SMILES string of the molecule is SCCSC(S)CSCCCCSCC(S)SCCS. The van der Waals surface area contributed by atoms with Crippen molar-refractivity contribution in [3.8, 4) is 0 Å². The van der Waals surface area contributed by atoms with Crippen LogP contribution in [0.2, 0.25) is 0 Å². The first kappa shape index (κ1) is 22.8. The van der Waals surface area contributed by atoms with E-state index in [1.54, 1.807) is 0 Å². The summed E-state index contributed by atoms with van der Waals surface area (Å²) in [6.07, 6.45) is 2.63. The highest BCUT2D eigenvalue weighted by Gasteiger charge is 2.04. The molecule has 2 atom stereocenters. The second-order valence-corrected chi connectivity index (χ2v) is 11.7. The van der Waals surface area contributed by atoms with Gasteiger partial charge in [0.15, 0.2) is 0 Å². The largest absolute Gasteiger partial charge is 0.179 e. The van der Waals surface area contributed by atoms with E-state index in [-0.39, 0.29) is 0 Å². The molecule has 0 aromatic carbocycles. The smallest absolute Gasteiger partial charge is 0.0562 e. The molecular formula is C12H26S8. The monoisotopic (exact) mass is 426 g/mol. The summed E-state index contributed by atoms with van der Waals surface area (Å²) < 4.78 is 0.936. The van der Waals surface area contributed by atoms with Crippen molar-refractivity contribution in [2.45, 2.75) is 22.0 Å². The van der Waals surface area contributed by atoms with E-state index in [0.29, 0.717) is 9.16 Å². The fourth-order valence-corrected chi connectivity index (χ4v) is 6.80. The van der Waals surface area contributed by atoms with Crippen molar-refractivity contribution >= 4 is 97.6 Å². The lowest BCUT2D eigenvalue weighted by molar-refractivity contribution is 0.907. The minimum absolute atomic E-state index is 0.468. The highest BCUT2D eigenvalue weighted by atomic mass is 32.2. The van der Waals surface area contributed by atoms with Crippen molar-refractivity contribution in [3.63, 3.8) is 0 Å². The molecule has 0 saturated heterocycles. The van der Waals surface area contributed by atoms with Crippen LogP contribution in [-0.2, 0) is 0 Å². The molecule has 0 aromatic rings. The standard InChI is InChI=1S/C12H26S8/c13-3-7-19-11(15)9-17-5-1-2-6-18-10-12(16)20-8-4-14/h11-16H,1-10H2. The van der Waals surface area contributed by atoms with Gasteiger partial charge in [-0.1, -0.05) is 0 Å². The molecule has 20 heavy (non-hydrogen) atoms. The third kappa shape index (κ3) is 17.2. The van der Waals surface area contributed by atoms with Crippen LogP contribution in [0.1, 0.15) is 12.8 Å². The lowest BCUT2D eigenvalue weighted by atomic mass is 10.4. The Bertz CT molecular complexity index is 172. The van der Waals surface area contributed by atoms with Crippen molar-refractivity contribution in [2.24, 2.45) is 0 Å². The maximum absolute atomic E-state index is 4.56. The van der Waals surface area contributed by atoms with Crippen LogP contribution in [0.4, 0.5) is 0 Å². The number of rotatable bonds is 15. The van der Waals surface area contributed by atoms with Gasteiger partial charge >= 0.3 is 0 Å². The molecule has 0 nitrogen and oxygen atoms in total. The van der Waals surface area contributed by atoms with Crippen LogP contribution >= 0.6 is 97.6 Å². The van der Waals surface area contributed by atoms with Crippen molar-refractivity contribution < 1.29 is 0 Å². The van der Waals surface area contributed by atoms with Gasteiger partial charge in [-0.15, -0.1) is 23.5 Å². The lowest BCUT2D eigenvalue weighted by Gasteiger charge is -2.10. The van der Waals surface area contributed by atoms with E-state index in [2.05, 4.69) is 50.5 Å². The van der Waals surface area contributed by atoms with Crippen LogP contribution in [0, 0.1) is 0 Å². The van der Waals surface area contributed by atoms with Crippen LogP contribution in [0.25, 0.3) is 0 Å². The molecule has 0 aliphatic carbocycles. The molecule has 0 fully saturated rings. The molecule has 0 rings (SSSR count). The van der Waals surface area contributed by atoms with E-state index in [9.17, 15) is 0 Å². The predicted octanol–water partition coefficient (Wildman–Crippen LogP) is 5.07. The quantitative estimate of drug-likeness (QED) is 0.164. The highest BCUT2D eigenvalue weighted by molar-refractivity contribution is 8.12. The van der Waals surface area contributed by atoms with Gasteiger partial charge in [0.1, 0.15) is 0 Å². The molecular weight excluding hydrogens is 401 g/mol. The average molecular weight is 427 g/mol. The Morgan fingerprint density at radius 3 is 1.40 bits per heavy atom. The van der Waals surface area contributed by atoms with E-state index in [0.717, 1.165) is 34.5 Å². The van der Waals surface area contributed by atoms with Gasteiger partial charge in [-0.05, 0) is 35.9 Å². The van der Waals surface area contributed by atoms with Crippen molar-refractivity contribution in [2.75, 3.05) is 46.0 Å². The Labute approximate surface area is 164 Å². The lowest BCUT2D eigenvalue weighted by Crippen LogP contribution is -2.01. The first-order chi connectivity index (χ1) is 9.70. The summed E-state index contributed by atoms with van der Waals surface area (Å²) in [6.45, 7) is 0. The third-order valence-corrected chi connectivity index (χ3v) is 9.65. The topological polar surface area (TPSA) is 0 Å². The van der Waals surface area contributed by atoms with Crippen molar-refractivity contribution in [1.82, 2.24) is 0 Å². The van der Waals surface area contributed by atoms with E-state index in [4.69, 9.17) is 0 Å². The second kappa shape index (κ2) is 18.1. The minimum Gasteiger partial charge on any atom is -0.179 e. The Kier molecular flexibility index (Phi) is 20.7. The summed E-state index contributed by atoms with van der Waals surface area (Å²) in [5, 5.41) is 0. The summed E-state index contributed by atoms with van der Waals surface area (Å²) in [4.78, 5) is 0. The van der Waals surface area contributed by atoms with Crippen LogP contribution in [-0.4, -0.2) is 55.2 Å². The molecule has 8 heteroatoms. The number of hydrogen-bond donors (Lipinski definition) is 4. The first-order valence-corrected chi connectivity index (χ1v) is 13.4. The Balaban J connectivity index is 3.16. The minimum atomic E-state index is 0.468. The van der Waals surface area contributed by atoms with Gasteiger partial charge in [0.2, 0.25) is 0 Å². The maximum atomic E-state index is 4.56. The summed E-state index contributed by atoms with van der Waals surface area (Å²) >= 11 is 25.4. The normalized spacial score (nSPS) is 14.4. The fraction of sp³-hybridized carbons (Fsp3) is 1.00. The number of unbranched alkanes of at least 4 members (excludes halogenated alkanes) is 1. The van der Waals surface area contributed by atoms with Crippen LogP contribution in [0.3, 0.4) is 0 Å². The Hall–Kier alpha value is 2.80. The molecule has 0 radical (unpaired) electrons. The number of hydrogen-bond acceptors (Lipinski definition) is 8. The highest BCUT2D eigenvalue weighted by Crippen LogP contribution is 2.22. The second-order valence-electron chi connectivity index (χ2n) is 3.96. The third-order valence-electron chi connectivity index (χ3n) is 2.15. The van der Waals surface area contributed by atoms with Gasteiger partial charge < -0.3 is 0 Å². The molecule has 0 aliphatic heterocycles. The zero-order chi connectivity index (χ0) is 15.1. The molecule has 0 spiro atoms. The van der Waals surface area contributed by atoms with Crippen LogP contribution in [0.15, 0.2) is 0 Å². The molecule has 122 valence electrons. The number of thioether (sulfide) groups is 4. The van der Waals surface area contributed by atoms with E-state index < -0.39 is 0 Å². The molecule has 0 bridgehead atoms. The maximum Gasteiger partial charge on any atom is 0.0562 e. The Morgan fingerprint density at radius 2 is 1.05 bits per heavy atom. The summed E-state index contributed by atoms with van der Waals surface area (Å²) in [6, 6.07) is 0. The molecule has 0 amide bonds. The molecule has 0 heterocycles. The molecule has 0 aromatic heterocycles. The van der Waals surface area contributed by atoms with Gasteiger partial charge in [0, 0.05) is 23.0 Å². The summed E-state index contributed by atoms with van der Waals surface area (Å²) in [5.74, 6) is 8.91. The fourth-order valence-electron chi connectivity index (χ4n) is 1.25. The van der Waals surface area contributed by atoms with Crippen molar-refractivity contribution in [3.05, 3.63) is 0 Å². The van der Waals surface area contributed by atoms with Crippen LogP contribution in [0.5, 0.6) is 0 Å².